The Kier molecular flexibility index (Phi) is 7.12. The zero-order valence-electron chi connectivity index (χ0n) is 18.3. The van der Waals surface area contributed by atoms with Crippen LogP contribution >= 0.6 is 0 Å². The van der Waals surface area contributed by atoms with Gasteiger partial charge in [-0.2, -0.15) is 0 Å². The van der Waals surface area contributed by atoms with E-state index >= 15 is 0 Å². The van der Waals surface area contributed by atoms with Crippen LogP contribution < -0.4 is 11.5 Å². The van der Waals surface area contributed by atoms with E-state index < -0.39 is 9.84 Å². The van der Waals surface area contributed by atoms with Gasteiger partial charge in [0.15, 0.2) is 9.84 Å². The summed E-state index contributed by atoms with van der Waals surface area (Å²) in [6.45, 7) is 4.27. The summed E-state index contributed by atoms with van der Waals surface area (Å²) >= 11 is 0. The third-order valence-corrected chi connectivity index (χ3v) is 6.36. The van der Waals surface area contributed by atoms with Crippen LogP contribution in [-0.4, -0.2) is 43.6 Å². The number of nitrogens with one attached hydrogen (secondary N) is 1. The van der Waals surface area contributed by atoms with Gasteiger partial charge >= 0.3 is 0 Å². The number of sulfone groups is 1. The number of hydrogen-bond donors (Lipinski definition) is 2. The first kappa shape index (κ1) is 23.6. The van der Waals surface area contributed by atoms with E-state index in [1.807, 2.05) is 26.0 Å². The van der Waals surface area contributed by atoms with E-state index in [2.05, 4.69) is 9.82 Å². The van der Waals surface area contributed by atoms with Gasteiger partial charge in [0.05, 0.1) is 30.0 Å². The molecule has 170 valence electrons. The zero-order chi connectivity index (χ0) is 23.5. The number of rotatable bonds is 8. The van der Waals surface area contributed by atoms with Crippen molar-refractivity contribution in [3.63, 3.8) is 0 Å². The number of amides is 1. The Morgan fingerprint density at radius 1 is 1.16 bits per heavy atom. The number of nitrogens with two attached hydrogens (primary N) is 1. The van der Waals surface area contributed by atoms with Crippen LogP contribution in [0.3, 0.4) is 0 Å². The number of H-pyrrole nitrogens is 1. The van der Waals surface area contributed by atoms with Gasteiger partial charge in [0.2, 0.25) is 5.91 Å². The topological polar surface area (TPSA) is 123 Å². The van der Waals surface area contributed by atoms with Gasteiger partial charge in [0.25, 0.3) is 5.56 Å². The van der Waals surface area contributed by atoms with Crippen molar-refractivity contribution in [2.45, 2.75) is 31.7 Å². The second kappa shape index (κ2) is 9.64. The van der Waals surface area contributed by atoms with Crippen molar-refractivity contribution >= 4 is 26.6 Å². The fourth-order valence-electron chi connectivity index (χ4n) is 3.68. The quantitative estimate of drug-likeness (QED) is 0.499. The maximum atomic E-state index is 13.0. The number of carbonyl (C=O) groups excluding carboxylic acids is 1. The van der Waals surface area contributed by atoms with Gasteiger partial charge in [0.1, 0.15) is 0 Å². The molecule has 0 saturated heterocycles. The number of carbonyl (C=O) groups is 1. The molecule has 0 fully saturated rings. The fraction of sp³-hybridized carbons (Fsp3) is 0.304. The molecule has 0 bridgehead atoms. The number of aromatic nitrogens is 1. The van der Waals surface area contributed by atoms with Crippen LogP contribution in [0.25, 0.3) is 10.9 Å². The Morgan fingerprint density at radius 2 is 1.91 bits per heavy atom. The summed E-state index contributed by atoms with van der Waals surface area (Å²) in [5.41, 5.74) is 3.55. The lowest BCUT2D eigenvalue weighted by Gasteiger charge is -2.22. The average molecular weight is 458 g/mol. The summed E-state index contributed by atoms with van der Waals surface area (Å²) in [4.78, 5) is 34.9. The molecule has 1 heterocycles. The molecular formula is C23H27N3O5S. The van der Waals surface area contributed by atoms with Crippen LogP contribution in [0.2, 0.25) is 0 Å². The third-order valence-electron chi connectivity index (χ3n) is 5.25. The number of aryl methyl sites for hydroxylation is 2. The summed E-state index contributed by atoms with van der Waals surface area (Å²) in [6.07, 6.45) is 1.10. The second-order valence-corrected chi connectivity index (χ2v) is 9.97. The number of pyridine rings is 1. The summed E-state index contributed by atoms with van der Waals surface area (Å²) in [5.74, 6) is 4.88. The van der Waals surface area contributed by atoms with Crippen LogP contribution in [0.15, 0.2) is 52.2 Å². The number of fused-ring (bicyclic) bond motifs is 1. The normalized spacial score (nSPS) is 11.6. The average Bonchev–Trinajstić information content (AvgIpc) is 2.71. The molecule has 1 aromatic heterocycles. The highest BCUT2D eigenvalue weighted by Gasteiger charge is 2.18. The number of aromatic amines is 1. The second-order valence-electron chi connectivity index (χ2n) is 7.95. The number of nitrogens with zero attached hydrogens (tertiary/aromatic N) is 1. The van der Waals surface area contributed by atoms with E-state index in [9.17, 15) is 18.0 Å². The van der Waals surface area contributed by atoms with Gasteiger partial charge in [-0.1, -0.05) is 23.8 Å². The van der Waals surface area contributed by atoms with Crippen molar-refractivity contribution in [2.24, 2.45) is 5.90 Å². The molecule has 8 nitrogen and oxygen atoms in total. The van der Waals surface area contributed by atoms with Gasteiger partial charge in [0, 0.05) is 18.4 Å². The highest BCUT2D eigenvalue weighted by Crippen LogP contribution is 2.19. The monoisotopic (exact) mass is 457 g/mol. The molecule has 0 aliphatic carbocycles. The van der Waals surface area contributed by atoms with Crippen LogP contribution in [-0.2, 0) is 32.4 Å². The van der Waals surface area contributed by atoms with Gasteiger partial charge in [-0.3, -0.25) is 9.59 Å². The first-order valence-electron chi connectivity index (χ1n) is 10.1. The summed E-state index contributed by atoms with van der Waals surface area (Å²) in [5, 5.41) is 0.889. The van der Waals surface area contributed by atoms with Crippen molar-refractivity contribution < 1.29 is 18.0 Å². The van der Waals surface area contributed by atoms with E-state index in [-0.39, 0.29) is 42.5 Å². The smallest absolute Gasteiger partial charge is 0.253 e. The standard InChI is InChI=1S/C23H27N3O5S/c1-15-9-16(2)22-18(10-15)13-19(23(28)25-22)14-26(7-8-31-24)21(27)12-17-5-4-6-20(11-17)32(3,29)30/h4-6,9-11,13H,7-8,12,14,24H2,1-3H3,(H,25,28). The highest BCUT2D eigenvalue weighted by atomic mass is 32.2. The first-order chi connectivity index (χ1) is 15.1. The van der Waals surface area contributed by atoms with Gasteiger partial charge in [-0.05, 0) is 54.6 Å². The Hall–Kier alpha value is -3.01. The van der Waals surface area contributed by atoms with Crippen LogP contribution in [0.1, 0.15) is 22.3 Å². The zero-order valence-corrected chi connectivity index (χ0v) is 19.2. The first-order valence-corrected chi connectivity index (χ1v) is 12.0. The third kappa shape index (κ3) is 5.61. The van der Waals surface area contributed by atoms with Crippen molar-refractivity contribution in [3.05, 3.63) is 75.1 Å². The minimum Gasteiger partial charge on any atom is -0.335 e. The Morgan fingerprint density at radius 3 is 2.59 bits per heavy atom. The van der Waals surface area contributed by atoms with Crippen LogP contribution in [0, 0.1) is 13.8 Å². The van der Waals surface area contributed by atoms with Gasteiger partial charge < -0.3 is 14.7 Å². The van der Waals surface area contributed by atoms with Crippen molar-refractivity contribution in [1.82, 2.24) is 9.88 Å². The van der Waals surface area contributed by atoms with Crippen molar-refractivity contribution in [3.8, 4) is 0 Å². The molecule has 3 aromatic rings. The van der Waals surface area contributed by atoms with E-state index in [0.717, 1.165) is 28.3 Å². The molecule has 3 rings (SSSR count). The van der Waals surface area contributed by atoms with Crippen molar-refractivity contribution in [2.75, 3.05) is 19.4 Å². The maximum Gasteiger partial charge on any atom is 0.253 e. The molecule has 0 aliphatic heterocycles. The Bertz CT molecular complexity index is 1310. The maximum absolute atomic E-state index is 13.0. The molecule has 32 heavy (non-hydrogen) atoms. The Labute approximate surface area is 186 Å². The molecule has 2 aromatic carbocycles. The molecule has 9 heteroatoms. The van der Waals surface area contributed by atoms with Gasteiger partial charge in [-0.15, -0.1) is 0 Å². The number of hydrogen-bond acceptors (Lipinski definition) is 6. The number of benzene rings is 2. The SMILES string of the molecule is Cc1cc(C)c2[nH]c(=O)c(CN(CCON)C(=O)Cc3cccc(S(C)(=O)=O)c3)cc2c1. The minimum absolute atomic E-state index is 0.0162. The lowest BCUT2D eigenvalue weighted by Crippen LogP contribution is -2.36. The fourth-order valence-corrected chi connectivity index (χ4v) is 4.37. The largest absolute Gasteiger partial charge is 0.335 e. The lowest BCUT2D eigenvalue weighted by molar-refractivity contribution is -0.131. The van der Waals surface area contributed by atoms with Crippen LogP contribution in [0.4, 0.5) is 0 Å². The molecule has 0 aliphatic rings. The molecule has 1 amide bonds. The predicted octanol–water partition coefficient (Wildman–Crippen LogP) is 2.01. The molecule has 0 spiro atoms. The molecule has 0 saturated carbocycles. The molecular weight excluding hydrogens is 430 g/mol. The molecule has 0 radical (unpaired) electrons. The molecule has 0 unspecified atom stereocenters. The molecule has 0 atom stereocenters. The van der Waals surface area contributed by atoms with Gasteiger partial charge in [-0.25, -0.2) is 14.3 Å². The van der Waals surface area contributed by atoms with E-state index in [4.69, 9.17) is 5.90 Å². The molecule has 3 N–H and O–H groups in total. The van der Waals surface area contributed by atoms with E-state index in [0.29, 0.717) is 11.1 Å². The summed E-state index contributed by atoms with van der Waals surface area (Å²) in [7, 11) is -3.38. The minimum atomic E-state index is -3.38. The predicted molar refractivity (Wildman–Crippen MR) is 123 cm³/mol. The lowest BCUT2D eigenvalue weighted by atomic mass is 10.0. The summed E-state index contributed by atoms with van der Waals surface area (Å²) in [6, 6.07) is 12.0. The highest BCUT2D eigenvalue weighted by molar-refractivity contribution is 7.90. The Balaban J connectivity index is 1.89. The van der Waals surface area contributed by atoms with E-state index in [1.165, 1.54) is 17.0 Å². The summed E-state index contributed by atoms with van der Waals surface area (Å²) < 4.78 is 23.6. The van der Waals surface area contributed by atoms with E-state index in [1.54, 1.807) is 18.2 Å². The van der Waals surface area contributed by atoms with Crippen molar-refractivity contribution in [1.29, 1.82) is 0 Å². The van der Waals surface area contributed by atoms with Crippen LogP contribution in [0.5, 0.6) is 0 Å².